The maximum Gasteiger partial charge on any atom is 0.248 e. The first-order chi connectivity index (χ1) is 6.15. The van der Waals surface area contributed by atoms with Crippen LogP contribution in [0.5, 0.6) is 0 Å². The molecule has 1 amide bonds. The Kier molecular flexibility index (Phi) is 2.84. The normalized spacial score (nSPS) is 10.7. The highest BCUT2D eigenvalue weighted by molar-refractivity contribution is 5.99. The topological polar surface area (TPSA) is 57.8 Å². The number of H-pyrrole nitrogens is 1. The van der Waals surface area contributed by atoms with Crippen LogP contribution in [0.1, 0.15) is 18.3 Å². The first kappa shape index (κ1) is 9.51. The number of hydrogen-bond acceptors (Lipinski definition) is 2. The molecule has 0 unspecified atom stereocenters. The molecule has 0 aliphatic rings. The minimum Gasteiger partial charge on any atom is -0.319 e. The van der Waals surface area contributed by atoms with Crippen molar-refractivity contribution >= 4 is 11.6 Å². The van der Waals surface area contributed by atoms with Crippen molar-refractivity contribution in [1.29, 1.82) is 0 Å². The molecule has 70 valence electrons. The van der Waals surface area contributed by atoms with Gasteiger partial charge in [-0.1, -0.05) is 6.08 Å². The number of amides is 1. The summed E-state index contributed by atoms with van der Waals surface area (Å²) in [7, 11) is 0. The van der Waals surface area contributed by atoms with Crippen LogP contribution in [0.4, 0.5) is 5.69 Å². The number of aromatic amines is 1. The van der Waals surface area contributed by atoms with Crippen molar-refractivity contribution in [2.24, 2.45) is 0 Å². The van der Waals surface area contributed by atoms with E-state index in [1.165, 1.54) is 6.08 Å². The molecule has 0 saturated heterocycles. The average molecular weight is 179 g/mol. The first-order valence-corrected chi connectivity index (χ1v) is 4.10. The monoisotopic (exact) mass is 179 g/mol. The minimum absolute atomic E-state index is 0.130. The number of nitrogens with one attached hydrogen (secondary N) is 2. The molecular weight excluding hydrogens is 166 g/mol. The number of allylic oxidation sites excluding steroid dienone is 1. The lowest BCUT2D eigenvalue weighted by atomic mass is 10.3. The van der Waals surface area contributed by atoms with E-state index in [4.69, 9.17) is 0 Å². The lowest BCUT2D eigenvalue weighted by molar-refractivity contribution is -0.111. The molecular formula is C9H13N3O. The maximum absolute atomic E-state index is 11.2. The molecule has 1 aromatic rings. The molecule has 0 atom stereocenters. The van der Waals surface area contributed by atoms with Crippen LogP contribution >= 0.6 is 0 Å². The van der Waals surface area contributed by atoms with E-state index >= 15 is 0 Å². The van der Waals surface area contributed by atoms with Crippen molar-refractivity contribution in [3.8, 4) is 0 Å². The Balaban J connectivity index is 2.79. The fourth-order valence-electron chi connectivity index (χ4n) is 1.05. The Morgan fingerprint density at radius 3 is 2.69 bits per heavy atom. The van der Waals surface area contributed by atoms with Crippen LogP contribution in [0.3, 0.4) is 0 Å². The van der Waals surface area contributed by atoms with Crippen molar-refractivity contribution in [2.75, 3.05) is 5.32 Å². The maximum atomic E-state index is 11.2. The van der Waals surface area contributed by atoms with Crippen LogP contribution in [0.25, 0.3) is 0 Å². The molecule has 0 bridgehead atoms. The van der Waals surface area contributed by atoms with Gasteiger partial charge in [-0.05, 0) is 26.8 Å². The first-order valence-electron chi connectivity index (χ1n) is 4.10. The molecule has 4 heteroatoms. The van der Waals surface area contributed by atoms with Gasteiger partial charge < -0.3 is 5.32 Å². The Bertz CT molecular complexity index is 319. The smallest absolute Gasteiger partial charge is 0.248 e. The molecule has 1 rings (SSSR count). The second-order valence-electron chi connectivity index (χ2n) is 2.80. The van der Waals surface area contributed by atoms with E-state index < -0.39 is 0 Å². The second-order valence-corrected chi connectivity index (χ2v) is 2.80. The highest BCUT2D eigenvalue weighted by Crippen LogP contribution is 2.15. The largest absolute Gasteiger partial charge is 0.319 e. The highest BCUT2D eigenvalue weighted by atomic mass is 16.1. The zero-order chi connectivity index (χ0) is 9.84. The number of hydrogen-bond donors (Lipinski definition) is 2. The number of aromatic nitrogens is 2. The second kappa shape index (κ2) is 3.89. The Morgan fingerprint density at radius 1 is 1.54 bits per heavy atom. The fourth-order valence-corrected chi connectivity index (χ4v) is 1.05. The van der Waals surface area contributed by atoms with E-state index in [0.29, 0.717) is 0 Å². The van der Waals surface area contributed by atoms with Gasteiger partial charge in [0.2, 0.25) is 5.91 Å². The van der Waals surface area contributed by atoms with Crippen molar-refractivity contribution in [1.82, 2.24) is 10.2 Å². The molecule has 1 aromatic heterocycles. The molecule has 1 heterocycles. The summed E-state index contributed by atoms with van der Waals surface area (Å²) in [5, 5.41) is 9.50. The van der Waals surface area contributed by atoms with Crippen LogP contribution in [-0.2, 0) is 4.79 Å². The fraction of sp³-hybridized carbons (Fsp3) is 0.333. The van der Waals surface area contributed by atoms with E-state index in [9.17, 15) is 4.79 Å². The van der Waals surface area contributed by atoms with Gasteiger partial charge in [0, 0.05) is 0 Å². The van der Waals surface area contributed by atoms with Crippen molar-refractivity contribution in [3.05, 3.63) is 23.5 Å². The molecule has 0 saturated carbocycles. The number of anilines is 1. The molecule has 0 spiro atoms. The van der Waals surface area contributed by atoms with Crippen LogP contribution in [0, 0.1) is 13.8 Å². The Hall–Kier alpha value is -1.58. The third kappa shape index (κ3) is 2.18. The molecule has 0 aliphatic carbocycles. The molecule has 0 aliphatic heterocycles. The lowest BCUT2D eigenvalue weighted by Crippen LogP contribution is -2.08. The van der Waals surface area contributed by atoms with E-state index in [2.05, 4.69) is 15.5 Å². The predicted octanol–water partition coefficient (Wildman–Crippen LogP) is 1.54. The SMILES string of the molecule is C/C=C/C(=O)Nc1c(C)n[nH]c1C. The van der Waals surface area contributed by atoms with E-state index in [-0.39, 0.29) is 5.91 Å². The average Bonchev–Trinajstić information content (AvgIpc) is 2.36. The zero-order valence-corrected chi connectivity index (χ0v) is 8.01. The molecule has 4 nitrogen and oxygen atoms in total. The summed E-state index contributed by atoms with van der Waals surface area (Å²) in [6, 6.07) is 0. The van der Waals surface area contributed by atoms with E-state index in [0.717, 1.165) is 17.1 Å². The molecule has 0 radical (unpaired) electrons. The third-order valence-corrected chi connectivity index (χ3v) is 1.69. The summed E-state index contributed by atoms with van der Waals surface area (Å²) in [6.45, 7) is 5.51. The molecule has 0 fully saturated rings. The van der Waals surface area contributed by atoms with Gasteiger partial charge in [-0.15, -0.1) is 0 Å². The number of rotatable bonds is 2. The van der Waals surface area contributed by atoms with E-state index in [1.807, 2.05) is 13.8 Å². The van der Waals surface area contributed by atoms with Gasteiger partial charge in [-0.2, -0.15) is 5.10 Å². The Labute approximate surface area is 77.0 Å². The summed E-state index contributed by atoms with van der Waals surface area (Å²) < 4.78 is 0. The van der Waals surface area contributed by atoms with Gasteiger partial charge in [0.05, 0.1) is 17.1 Å². The molecule has 13 heavy (non-hydrogen) atoms. The quantitative estimate of drug-likeness (QED) is 0.676. The molecule has 0 aromatic carbocycles. The van der Waals surface area contributed by atoms with E-state index in [1.54, 1.807) is 13.0 Å². The number of carbonyl (C=O) groups excluding carboxylic acids is 1. The summed E-state index contributed by atoms with van der Waals surface area (Å²) in [5.41, 5.74) is 2.44. The van der Waals surface area contributed by atoms with Gasteiger partial charge >= 0.3 is 0 Å². The van der Waals surface area contributed by atoms with Crippen molar-refractivity contribution in [2.45, 2.75) is 20.8 Å². The van der Waals surface area contributed by atoms with Gasteiger partial charge in [-0.3, -0.25) is 9.89 Å². The minimum atomic E-state index is -0.130. The van der Waals surface area contributed by atoms with Gasteiger partial charge in [-0.25, -0.2) is 0 Å². The lowest BCUT2D eigenvalue weighted by Gasteiger charge is -2.00. The van der Waals surface area contributed by atoms with Crippen molar-refractivity contribution in [3.63, 3.8) is 0 Å². The highest BCUT2D eigenvalue weighted by Gasteiger charge is 2.07. The standard InChI is InChI=1S/C9H13N3O/c1-4-5-8(13)10-9-6(2)11-12-7(9)3/h4-5H,1-3H3,(H,10,13)(H,11,12)/b5-4+. The summed E-state index contributed by atoms with van der Waals surface area (Å²) in [5.74, 6) is -0.130. The number of aryl methyl sites for hydroxylation is 2. The summed E-state index contributed by atoms with van der Waals surface area (Å²) in [6.07, 6.45) is 3.17. The number of nitrogens with zero attached hydrogens (tertiary/aromatic N) is 1. The number of carbonyl (C=O) groups is 1. The Morgan fingerprint density at radius 2 is 2.23 bits per heavy atom. The predicted molar refractivity (Wildman–Crippen MR) is 51.5 cm³/mol. The zero-order valence-electron chi connectivity index (χ0n) is 8.01. The van der Waals surface area contributed by atoms with Gasteiger partial charge in [0.1, 0.15) is 0 Å². The van der Waals surface area contributed by atoms with Crippen molar-refractivity contribution < 1.29 is 4.79 Å². The van der Waals surface area contributed by atoms with Crippen LogP contribution in [0.2, 0.25) is 0 Å². The summed E-state index contributed by atoms with van der Waals surface area (Å²) in [4.78, 5) is 11.2. The summed E-state index contributed by atoms with van der Waals surface area (Å²) >= 11 is 0. The van der Waals surface area contributed by atoms with Crippen LogP contribution in [-0.4, -0.2) is 16.1 Å². The van der Waals surface area contributed by atoms with Crippen LogP contribution in [0.15, 0.2) is 12.2 Å². The van der Waals surface area contributed by atoms with Gasteiger partial charge in [0.25, 0.3) is 0 Å². The van der Waals surface area contributed by atoms with Gasteiger partial charge in [0.15, 0.2) is 0 Å². The van der Waals surface area contributed by atoms with Crippen LogP contribution < -0.4 is 5.32 Å². The molecule has 2 N–H and O–H groups in total. The third-order valence-electron chi connectivity index (χ3n) is 1.69.